The Balaban J connectivity index is 1.44. The number of hydrogen-bond acceptors (Lipinski definition) is 5. The molecule has 0 spiro atoms. The standard InChI is InChI=1S/C24H22BrN3O4/c25-19-8-6-18(7-9-19)20(17-4-2-1-3-5-17)14-23(29)28-12-10-27(11-13-28)15-22-26-21(16-32-22)24(30)31/h1-9,14,16H,10-13,15H2,(H,30,31). The van der Waals surface area contributed by atoms with Crippen molar-refractivity contribution in [2.45, 2.75) is 6.54 Å². The molecular formula is C24H22BrN3O4. The quantitative estimate of drug-likeness (QED) is 0.521. The lowest BCUT2D eigenvalue weighted by Gasteiger charge is -2.33. The summed E-state index contributed by atoms with van der Waals surface area (Å²) in [5, 5.41) is 8.96. The van der Waals surface area contributed by atoms with Gasteiger partial charge in [0.1, 0.15) is 6.26 Å². The van der Waals surface area contributed by atoms with Crippen LogP contribution in [-0.4, -0.2) is 57.9 Å². The molecule has 1 fully saturated rings. The van der Waals surface area contributed by atoms with Gasteiger partial charge in [0, 0.05) is 36.7 Å². The van der Waals surface area contributed by atoms with Gasteiger partial charge >= 0.3 is 5.97 Å². The Bertz CT molecular complexity index is 1120. The number of benzene rings is 2. The molecule has 8 heteroatoms. The van der Waals surface area contributed by atoms with E-state index in [1.807, 2.05) is 59.5 Å². The van der Waals surface area contributed by atoms with Gasteiger partial charge in [0.2, 0.25) is 11.8 Å². The molecule has 0 bridgehead atoms. The number of piperazine rings is 1. The molecule has 3 aromatic rings. The number of carbonyl (C=O) groups is 2. The average molecular weight is 496 g/mol. The van der Waals surface area contributed by atoms with E-state index in [1.54, 1.807) is 6.08 Å². The molecule has 1 aromatic heterocycles. The Morgan fingerprint density at radius 1 is 1.00 bits per heavy atom. The first kappa shape index (κ1) is 22.0. The highest BCUT2D eigenvalue weighted by Crippen LogP contribution is 2.25. The van der Waals surface area contributed by atoms with Gasteiger partial charge in [-0.25, -0.2) is 9.78 Å². The first-order valence-electron chi connectivity index (χ1n) is 10.2. The van der Waals surface area contributed by atoms with Crippen molar-refractivity contribution in [1.29, 1.82) is 0 Å². The monoisotopic (exact) mass is 495 g/mol. The summed E-state index contributed by atoms with van der Waals surface area (Å²) in [6.45, 7) is 2.88. The molecule has 4 rings (SSSR count). The van der Waals surface area contributed by atoms with Crippen LogP contribution in [0.2, 0.25) is 0 Å². The van der Waals surface area contributed by atoms with Crippen molar-refractivity contribution in [2.24, 2.45) is 0 Å². The number of hydrogen-bond donors (Lipinski definition) is 1. The maximum absolute atomic E-state index is 13.1. The van der Waals surface area contributed by atoms with Crippen LogP contribution in [0.15, 0.2) is 75.8 Å². The molecule has 0 aliphatic carbocycles. The molecule has 1 amide bonds. The molecule has 1 N–H and O–H groups in total. The van der Waals surface area contributed by atoms with Gasteiger partial charge in [-0.1, -0.05) is 58.4 Å². The summed E-state index contributed by atoms with van der Waals surface area (Å²) >= 11 is 3.46. The highest BCUT2D eigenvalue weighted by atomic mass is 79.9. The third-order valence-corrected chi connectivity index (χ3v) is 5.85. The first-order chi connectivity index (χ1) is 15.5. The van der Waals surface area contributed by atoms with Crippen LogP contribution in [0, 0.1) is 0 Å². The van der Waals surface area contributed by atoms with E-state index < -0.39 is 5.97 Å². The lowest BCUT2D eigenvalue weighted by molar-refractivity contribution is -0.127. The molecule has 1 aliphatic heterocycles. The lowest BCUT2D eigenvalue weighted by atomic mass is 9.97. The van der Waals surface area contributed by atoms with Gasteiger partial charge < -0.3 is 14.4 Å². The van der Waals surface area contributed by atoms with E-state index in [4.69, 9.17) is 9.52 Å². The van der Waals surface area contributed by atoms with Crippen LogP contribution in [0.1, 0.15) is 27.5 Å². The van der Waals surface area contributed by atoms with Gasteiger partial charge in [-0.2, -0.15) is 0 Å². The van der Waals surface area contributed by atoms with Crippen LogP contribution in [0.3, 0.4) is 0 Å². The molecule has 164 valence electrons. The number of rotatable bonds is 6. The number of oxazole rings is 1. The minimum absolute atomic E-state index is 0.0318. The maximum atomic E-state index is 13.1. The predicted octanol–water partition coefficient (Wildman–Crippen LogP) is 3.91. The summed E-state index contributed by atoms with van der Waals surface area (Å²) < 4.78 is 6.22. The van der Waals surface area contributed by atoms with E-state index in [2.05, 4.69) is 25.8 Å². The highest BCUT2D eigenvalue weighted by Gasteiger charge is 2.22. The predicted molar refractivity (Wildman–Crippen MR) is 123 cm³/mol. The second-order valence-electron chi connectivity index (χ2n) is 7.46. The van der Waals surface area contributed by atoms with Gasteiger partial charge in [0.15, 0.2) is 5.69 Å². The van der Waals surface area contributed by atoms with E-state index in [0.29, 0.717) is 38.6 Å². The SMILES string of the molecule is O=C(O)c1coc(CN2CCN(C(=O)C=C(c3ccccc3)c3ccc(Br)cc3)CC2)n1. The van der Waals surface area contributed by atoms with E-state index in [0.717, 1.165) is 27.4 Å². The fraction of sp³-hybridized carbons (Fsp3) is 0.208. The van der Waals surface area contributed by atoms with Gasteiger partial charge in [0.25, 0.3) is 0 Å². The van der Waals surface area contributed by atoms with Gasteiger partial charge in [-0.3, -0.25) is 9.69 Å². The van der Waals surface area contributed by atoms with E-state index in [1.165, 1.54) is 0 Å². The first-order valence-corrected chi connectivity index (χ1v) is 11.0. The second kappa shape index (κ2) is 9.93. The van der Waals surface area contributed by atoms with Crippen molar-refractivity contribution in [2.75, 3.05) is 26.2 Å². The molecule has 2 aromatic carbocycles. The zero-order valence-corrected chi connectivity index (χ0v) is 18.9. The van der Waals surface area contributed by atoms with Crippen LogP contribution < -0.4 is 0 Å². The minimum atomic E-state index is -1.11. The van der Waals surface area contributed by atoms with Gasteiger partial charge in [-0.15, -0.1) is 0 Å². The number of nitrogens with zero attached hydrogens (tertiary/aromatic N) is 3. The van der Waals surface area contributed by atoms with E-state index >= 15 is 0 Å². The van der Waals surface area contributed by atoms with Crippen molar-refractivity contribution in [3.8, 4) is 0 Å². The van der Waals surface area contributed by atoms with Crippen molar-refractivity contribution < 1.29 is 19.1 Å². The van der Waals surface area contributed by atoms with Crippen LogP contribution in [0.5, 0.6) is 0 Å². The number of amides is 1. The fourth-order valence-electron chi connectivity index (χ4n) is 3.59. The average Bonchev–Trinajstić information content (AvgIpc) is 3.28. The van der Waals surface area contributed by atoms with Gasteiger partial charge in [-0.05, 0) is 28.8 Å². The van der Waals surface area contributed by atoms with Crippen molar-refractivity contribution >= 4 is 33.4 Å². The smallest absolute Gasteiger partial charge is 0.357 e. The van der Waals surface area contributed by atoms with Crippen LogP contribution in [0.4, 0.5) is 0 Å². The molecule has 0 radical (unpaired) electrons. The molecule has 2 heterocycles. The number of carbonyl (C=O) groups excluding carboxylic acids is 1. The Hall–Kier alpha value is -3.23. The van der Waals surface area contributed by atoms with E-state index in [9.17, 15) is 9.59 Å². The summed E-state index contributed by atoms with van der Waals surface area (Å²) in [5.74, 6) is -0.776. The molecule has 0 unspecified atom stereocenters. The second-order valence-corrected chi connectivity index (χ2v) is 8.38. The van der Waals surface area contributed by atoms with Crippen LogP contribution >= 0.6 is 15.9 Å². The summed E-state index contributed by atoms with van der Waals surface area (Å²) in [5.41, 5.74) is 2.75. The van der Waals surface area contributed by atoms with Crippen molar-refractivity contribution in [3.63, 3.8) is 0 Å². The fourth-order valence-corrected chi connectivity index (χ4v) is 3.86. The number of carboxylic acids is 1. The Morgan fingerprint density at radius 3 is 2.28 bits per heavy atom. The van der Waals surface area contributed by atoms with Crippen LogP contribution in [0.25, 0.3) is 5.57 Å². The Labute approximate surface area is 194 Å². The largest absolute Gasteiger partial charge is 0.476 e. The zero-order chi connectivity index (χ0) is 22.5. The molecule has 7 nitrogen and oxygen atoms in total. The Kier molecular flexibility index (Phi) is 6.82. The number of aromatic nitrogens is 1. The zero-order valence-electron chi connectivity index (χ0n) is 17.3. The van der Waals surface area contributed by atoms with Crippen molar-refractivity contribution in [3.05, 3.63) is 94.1 Å². The topological polar surface area (TPSA) is 86.9 Å². The summed E-state index contributed by atoms with van der Waals surface area (Å²) in [6.07, 6.45) is 2.86. The molecular weight excluding hydrogens is 474 g/mol. The highest BCUT2D eigenvalue weighted by molar-refractivity contribution is 9.10. The minimum Gasteiger partial charge on any atom is -0.476 e. The van der Waals surface area contributed by atoms with Gasteiger partial charge in [0.05, 0.1) is 6.54 Å². The number of aromatic carboxylic acids is 1. The summed E-state index contributed by atoms with van der Waals surface area (Å²) in [4.78, 5) is 31.9. The molecule has 0 atom stereocenters. The molecule has 32 heavy (non-hydrogen) atoms. The number of halogens is 1. The molecule has 1 saturated heterocycles. The van der Waals surface area contributed by atoms with Crippen LogP contribution in [-0.2, 0) is 11.3 Å². The lowest BCUT2D eigenvalue weighted by Crippen LogP contribution is -2.47. The molecule has 1 aliphatic rings. The molecule has 0 saturated carbocycles. The third kappa shape index (κ3) is 5.33. The number of carboxylic acid groups (broad SMARTS) is 1. The summed E-state index contributed by atoms with van der Waals surface area (Å²) in [6, 6.07) is 17.8. The Morgan fingerprint density at radius 2 is 1.66 bits per heavy atom. The summed E-state index contributed by atoms with van der Waals surface area (Å²) in [7, 11) is 0. The normalized spacial score (nSPS) is 15.0. The van der Waals surface area contributed by atoms with E-state index in [-0.39, 0.29) is 11.6 Å². The third-order valence-electron chi connectivity index (χ3n) is 5.32. The van der Waals surface area contributed by atoms with Crippen molar-refractivity contribution in [1.82, 2.24) is 14.8 Å². The maximum Gasteiger partial charge on any atom is 0.357 e.